The van der Waals surface area contributed by atoms with Gasteiger partial charge in [-0.15, -0.1) is 0 Å². The Hall–Kier alpha value is 0.250. The molecule has 0 aromatic rings. The van der Waals surface area contributed by atoms with Crippen LogP contribution in [0.5, 0.6) is 0 Å². The zero-order chi connectivity index (χ0) is 11.7. The number of carbonyl (C=O) groups excluding carboxylic acids is 2. The Bertz CT molecular complexity index is 256. The Morgan fingerprint density at radius 2 is 2.00 bits per heavy atom. The van der Waals surface area contributed by atoms with Crippen LogP contribution in [0.2, 0.25) is 0 Å². The second kappa shape index (κ2) is 10.4. The fourth-order valence-corrected chi connectivity index (χ4v) is 1.79. The molecule has 0 aromatic carbocycles. The maximum atomic E-state index is 11.4. The molecule has 0 aromatic heterocycles. The molecule has 0 spiro atoms. The molecule has 0 rings (SSSR count). The van der Waals surface area contributed by atoms with E-state index in [1.165, 1.54) is 6.26 Å². The number of aldehydes is 1. The zero-order valence-electron chi connectivity index (χ0n) is 9.10. The maximum absolute atomic E-state index is 11.4. The summed E-state index contributed by atoms with van der Waals surface area (Å²) < 4.78 is 20.6. The average Bonchev–Trinajstić information content (AvgIpc) is 2.14. The summed E-state index contributed by atoms with van der Waals surface area (Å²) in [7, 11) is -3.39. The van der Waals surface area contributed by atoms with Gasteiger partial charge < -0.3 is 8.98 Å². The minimum absolute atomic E-state index is 0. The van der Waals surface area contributed by atoms with Gasteiger partial charge in [-0.3, -0.25) is 8.98 Å². The van der Waals surface area contributed by atoms with E-state index in [4.69, 9.17) is 0 Å². The average molecular weight is 262 g/mol. The van der Waals surface area contributed by atoms with Crippen LogP contribution in [0, 0.1) is 0 Å². The molecule has 0 atom stereocenters. The number of rotatable bonds is 8. The van der Waals surface area contributed by atoms with Gasteiger partial charge >= 0.3 is 35.5 Å². The first-order chi connectivity index (χ1) is 7.02. The summed E-state index contributed by atoms with van der Waals surface area (Å²) in [4.78, 5) is 21.1. The van der Waals surface area contributed by atoms with E-state index in [1.54, 1.807) is 0 Å². The molecule has 0 radical (unpaired) electrons. The van der Waals surface area contributed by atoms with Crippen LogP contribution in [0.4, 0.5) is 0 Å². The van der Waals surface area contributed by atoms with E-state index in [9.17, 15) is 13.8 Å². The monoisotopic (exact) mass is 262 g/mol. The predicted octanol–water partition coefficient (Wildman–Crippen LogP) is 0.153. The summed E-state index contributed by atoms with van der Waals surface area (Å²) in [6, 6.07) is 0. The van der Waals surface area contributed by atoms with Crippen molar-refractivity contribution in [2.75, 3.05) is 12.9 Å². The molecule has 0 aliphatic heterocycles. The molecular formula is C9H19NaO5S. The molecule has 0 heterocycles. The van der Waals surface area contributed by atoms with Gasteiger partial charge in [-0.2, -0.15) is 0 Å². The summed E-state index contributed by atoms with van der Waals surface area (Å²) in [5.41, 5.74) is 0. The van der Waals surface area contributed by atoms with Crippen LogP contribution in [0.3, 0.4) is 0 Å². The summed E-state index contributed by atoms with van der Waals surface area (Å²) in [6.45, 7) is 1.69. The van der Waals surface area contributed by atoms with E-state index < -0.39 is 16.5 Å². The van der Waals surface area contributed by atoms with Crippen molar-refractivity contribution in [1.29, 1.82) is 0 Å². The topological polar surface area (TPSA) is 69.7 Å². The van der Waals surface area contributed by atoms with Crippen LogP contribution in [0.15, 0.2) is 0 Å². The van der Waals surface area contributed by atoms with E-state index in [-0.39, 0.29) is 42.6 Å². The summed E-state index contributed by atoms with van der Waals surface area (Å²) >= 11 is 0. The third-order valence-corrected chi connectivity index (χ3v) is 2.78. The molecule has 0 unspecified atom stereocenters. The summed E-state index contributed by atoms with van der Waals surface area (Å²) in [5.74, 6) is -0.541. The van der Waals surface area contributed by atoms with Gasteiger partial charge in [0, 0.05) is 12.7 Å². The molecule has 0 saturated heterocycles. The fourth-order valence-electron chi connectivity index (χ4n) is 0.942. The number of carbonyl (C=O) groups is 2. The Balaban J connectivity index is 0. The van der Waals surface area contributed by atoms with Gasteiger partial charge in [0.2, 0.25) is 0 Å². The van der Waals surface area contributed by atoms with Gasteiger partial charge in [-0.05, 0) is 6.42 Å². The van der Waals surface area contributed by atoms with Crippen molar-refractivity contribution in [1.82, 2.24) is 0 Å². The van der Waals surface area contributed by atoms with Gasteiger partial charge in [0.1, 0.15) is 23.4 Å². The number of hydrogen-bond acceptors (Lipinski definition) is 5. The third kappa shape index (κ3) is 10.8. The first-order valence-corrected chi connectivity index (χ1v) is 6.89. The molecule has 16 heavy (non-hydrogen) atoms. The van der Waals surface area contributed by atoms with Crippen LogP contribution in [-0.4, -0.2) is 58.9 Å². The van der Waals surface area contributed by atoms with Gasteiger partial charge in [-0.1, -0.05) is 19.8 Å². The molecule has 0 aliphatic rings. The normalized spacial score (nSPS) is 11.4. The van der Waals surface area contributed by atoms with E-state index in [2.05, 4.69) is 8.37 Å². The van der Waals surface area contributed by atoms with Crippen LogP contribution in [-0.2, 0) is 28.4 Å². The van der Waals surface area contributed by atoms with Crippen LogP contribution in [0.1, 0.15) is 32.6 Å². The van der Waals surface area contributed by atoms with Crippen LogP contribution in [0.25, 0.3) is 0 Å². The van der Waals surface area contributed by atoms with E-state index >= 15 is 0 Å². The van der Waals surface area contributed by atoms with E-state index in [0.717, 1.165) is 12.8 Å². The van der Waals surface area contributed by atoms with Crippen molar-refractivity contribution in [3.8, 4) is 0 Å². The standard InChI is InChI=1S/C9H18O5S.Na.H/c1-3-4-5-6-9(11)14-15(2,12)13-8-7-10;;/h7,15H,3-6,8H2,1-2H3;;. The summed E-state index contributed by atoms with van der Waals surface area (Å²) in [6.07, 6.45) is 4.51. The minimum atomic E-state index is -3.39. The second-order valence-corrected chi connectivity index (χ2v) is 5.14. The van der Waals surface area contributed by atoms with Crippen LogP contribution >= 0.6 is 0 Å². The Morgan fingerprint density at radius 3 is 2.50 bits per heavy atom. The van der Waals surface area contributed by atoms with Crippen LogP contribution < -0.4 is 0 Å². The molecule has 0 bridgehead atoms. The van der Waals surface area contributed by atoms with Crippen molar-refractivity contribution in [3.63, 3.8) is 0 Å². The van der Waals surface area contributed by atoms with Gasteiger partial charge in [0.05, 0.1) is 0 Å². The molecular weight excluding hydrogens is 243 g/mol. The van der Waals surface area contributed by atoms with Crippen molar-refractivity contribution < 1.29 is 22.2 Å². The SMILES string of the molecule is CCCCCC(=O)O[SH](C)(=O)OCC=O.[NaH]. The van der Waals surface area contributed by atoms with Crippen molar-refractivity contribution >= 4 is 52.3 Å². The second-order valence-electron chi connectivity index (χ2n) is 3.15. The van der Waals surface area contributed by atoms with E-state index in [1.807, 2.05) is 6.92 Å². The van der Waals surface area contributed by atoms with Gasteiger partial charge in [0.25, 0.3) is 0 Å². The molecule has 0 fully saturated rings. The fraction of sp³-hybridized carbons (Fsp3) is 0.778. The molecule has 0 aliphatic carbocycles. The Kier molecular flexibility index (Phi) is 12.1. The first-order valence-electron chi connectivity index (χ1n) is 4.90. The first kappa shape index (κ1) is 18.6. The number of thiol groups is 1. The quantitative estimate of drug-likeness (QED) is 0.292. The zero-order valence-corrected chi connectivity index (χ0v) is 10.00. The van der Waals surface area contributed by atoms with Gasteiger partial charge in [-0.25, -0.2) is 4.21 Å². The van der Waals surface area contributed by atoms with Crippen molar-refractivity contribution in [3.05, 3.63) is 0 Å². The van der Waals surface area contributed by atoms with E-state index in [0.29, 0.717) is 12.7 Å². The molecule has 92 valence electrons. The molecule has 0 saturated carbocycles. The van der Waals surface area contributed by atoms with Crippen molar-refractivity contribution in [2.24, 2.45) is 0 Å². The van der Waals surface area contributed by atoms with Gasteiger partial charge in [0.15, 0.2) is 0 Å². The summed E-state index contributed by atoms with van der Waals surface area (Å²) in [5, 5.41) is 0. The molecule has 7 heteroatoms. The van der Waals surface area contributed by atoms with Crippen molar-refractivity contribution in [2.45, 2.75) is 32.6 Å². The third-order valence-electron chi connectivity index (χ3n) is 1.63. The predicted molar refractivity (Wildman–Crippen MR) is 64.9 cm³/mol. The molecule has 0 amide bonds. The Morgan fingerprint density at radius 1 is 1.38 bits per heavy atom. The molecule has 5 nitrogen and oxygen atoms in total. The molecule has 0 N–H and O–H groups in total. The number of unbranched alkanes of at least 4 members (excludes halogenated alkanes) is 2. The Labute approximate surface area is 119 Å². The number of hydrogen-bond donors (Lipinski definition) is 1.